The molecule has 0 aromatic rings. The molecule has 0 aliphatic carbocycles. The van der Waals surface area contributed by atoms with Gasteiger partial charge in [-0.2, -0.15) is 0 Å². The predicted molar refractivity (Wildman–Crippen MR) is 315 cm³/mol. The maximum atomic E-state index is 12.5. The van der Waals surface area contributed by atoms with Crippen LogP contribution in [0.5, 0.6) is 0 Å². The zero-order valence-electron chi connectivity index (χ0n) is 48.4. The summed E-state index contributed by atoms with van der Waals surface area (Å²) in [7, 11) is 0. The smallest absolute Gasteiger partial charge is 0.305 e. The molecule has 1 amide bonds. The summed E-state index contributed by atoms with van der Waals surface area (Å²) < 4.78 is 5.46. The molecule has 72 heavy (non-hydrogen) atoms. The largest absolute Gasteiger partial charge is 0.466 e. The number of unbranched alkanes of at least 4 members (excludes halogenated alkanes) is 45. The Hall–Kier alpha value is -1.92. The van der Waals surface area contributed by atoms with Gasteiger partial charge in [0.1, 0.15) is 0 Å². The highest BCUT2D eigenvalue weighted by Crippen LogP contribution is 2.17. The maximum absolute atomic E-state index is 12.5. The van der Waals surface area contributed by atoms with Gasteiger partial charge in [-0.1, -0.05) is 307 Å². The van der Waals surface area contributed by atoms with E-state index in [9.17, 15) is 19.8 Å². The average Bonchev–Trinajstić information content (AvgIpc) is 3.38. The number of rotatable bonds is 60. The average molecular weight is 1010 g/mol. The lowest BCUT2D eigenvalue weighted by Gasteiger charge is -2.20. The van der Waals surface area contributed by atoms with Crippen LogP contribution in [0.25, 0.3) is 0 Å². The molecule has 0 rings (SSSR count). The highest BCUT2D eigenvalue weighted by molar-refractivity contribution is 5.76. The van der Waals surface area contributed by atoms with Gasteiger partial charge in [-0.15, -0.1) is 0 Å². The van der Waals surface area contributed by atoms with E-state index >= 15 is 0 Å². The summed E-state index contributed by atoms with van der Waals surface area (Å²) in [4.78, 5) is 24.5. The molecule has 6 heteroatoms. The van der Waals surface area contributed by atoms with E-state index in [-0.39, 0.29) is 18.5 Å². The van der Waals surface area contributed by atoms with Crippen LogP contribution < -0.4 is 5.32 Å². The first-order valence-electron chi connectivity index (χ1n) is 32.3. The number of aliphatic hydroxyl groups is 2. The fraction of sp³-hybridized carbons (Fsp3) is 0.879. The number of hydrogen-bond donors (Lipinski definition) is 3. The zero-order valence-corrected chi connectivity index (χ0v) is 48.4. The van der Waals surface area contributed by atoms with Crippen LogP contribution in [0, 0.1) is 0 Å². The Morgan fingerprint density at radius 1 is 0.389 bits per heavy atom. The van der Waals surface area contributed by atoms with Crippen LogP contribution in [0.3, 0.4) is 0 Å². The minimum atomic E-state index is -0.852. The summed E-state index contributed by atoms with van der Waals surface area (Å²) in [5.41, 5.74) is 0. The second-order valence-corrected chi connectivity index (χ2v) is 22.1. The number of allylic oxidation sites excluding steroid dienone is 5. The number of esters is 1. The summed E-state index contributed by atoms with van der Waals surface area (Å²) in [5, 5.41) is 23.2. The molecule has 0 heterocycles. The van der Waals surface area contributed by atoms with Crippen molar-refractivity contribution in [3.63, 3.8) is 0 Å². The van der Waals surface area contributed by atoms with Gasteiger partial charge in [-0.25, -0.2) is 0 Å². The maximum Gasteiger partial charge on any atom is 0.305 e. The second-order valence-electron chi connectivity index (χ2n) is 22.1. The van der Waals surface area contributed by atoms with Crippen LogP contribution in [0.4, 0.5) is 0 Å². The lowest BCUT2D eigenvalue weighted by atomic mass is 10.0. The molecule has 0 bridgehead atoms. The number of aliphatic hydroxyl groups excluding tert-OH is 2. The summed E-state index contributed by atoms with van der Waals surface area (Å²) in [6, 6.07) is -0.637. The van der Waals surface area contributed by atoms with Crippen molar-refractivity contribution in [3.8, 4) is 0 Å². The van der Waals surface area contributed by atoms with Gasteiger partial charge in [0.25, 0.3) is 0 Å². The first kappa shape index (κ1) is 70.1. The molecule has 0 fully saturated rings. The lowest BCUT2D eigenvalue weighted by Crippen LogP contribution is -2.45. The highest BCUT2D eigenvalue weighted by Gasteiger charge is 2.18. The molecular weight excluding hydrogens is 887 g/mol. The van der Waals surface area contributed by atoms with Crippen molar-refractivity contribution in [2.75, 3.05) is 13.2 Å². The molecule has 424 valence electrons. The molecule has 2 unspecified atom stereocenters. The van der Waals surface area contributed by atoms with Gasteiger partial charge in [0.05, 0.1) is 25.4 Å². The SMILES string of the molecule is CCCCCCCCCCCCCCCCCCCCC/C=C/C(O)C(CO)NC(=O)CCCCCCCCC/C=C\C/C=C\CCCCCCCCCCCOC(=O)CCCCCCCCCCCCC. The molecule has 0 aromatic carbocycles. The minimum absolute atomic E-state index is 0.00637. The van der Waals surface area contributed by atoms with Crippen LogP contribution in [0.15, 0.2) is 36.5 Å². The van der Waals surface area contributed by atoms with Gasteiger partial charge in [0.15, 0.2) is 0 Å². The topological polar surface area (TPSA) is 95.9 Å². The Kier molecular flexibility index (Phi) is 60.0. The molecule has 0 spiro atoms. The molecule has 0 saturated heterocycles. The quantitative estimate of drug-likeness (QED) is 0.0320. The Bertz CT molecular complexity index is 1170. The number of carbonyl (C=O) groups excluding carboxylic acids is 2. The van der Waals surface area contributed by atoms with E-state index in [0.717, 1.165) is 57.8 Å². The number of hydrogen-bond acceptors (Lipinski definition) is 5. The Morgan fingerprint density at radius 2 is 0.694 bits per heavy atom. The van der Waals surface area contributed by atoms with Crippen LogP contribution in [-0.2, 0) is 14.3 Å². The Labute approximate surface area is 449 Å². The number of amides is 1. The fourth-order valence-electron chi connectivity index (χ4n) is 9.96. The highest BCUT2D eigenvalue weighted by atomic mass is 16.5. The van der Waals surface area contributed by atoms with Crippen molar-refractivity contribution in [2.45, 2.75) is 360 Å². The Morgan fingerprint density at radius 3 is 1.06 bits per heavy atom. The third-order valence-corrected chi connectivity index (χ3v) is 14.9. The van der Waals surface area contributed by atoms with Crippen LogP contribution in [0.1, 0.15) is 348 Å². The molecule has 0 aliphatic rings. The van der Waals surface area contributed by atoms with Gasteiger partial charge in [0, 0.05) is 12.8 Å². The van der Waals surface area contributed by atoms with Crippen LogP contribution >= 0.6 is 0 Å². The monoisotopic (exact) mass is 1010 g/mol. The lowest BCUT2D eigenvalue weighted by molar-refractivity contribution is -0.143. The predicted octanol–water partition coefficient (Wildman–Crippen LogP) is 20.4. The van der Waals surface area contributed by atoms with E-state index in [1.807, 2.05) is 6.08 Å². The molecule has 3 N–H and O–H groups in total. The normalized spacial score (nSPS) is 12.8. The number of nitrogens with one attached hydrogen (secondary N) is 1. The van der Waals surface area contributed by atoms with Crippen molar-refractivity contribution in [3.05, 3.63) is 36.5 Å². The summed E-state index contributed by atoms with van der Waals surface area (Å²) in [5.74, 6) is -0.0693. The van der Waals surface area contributed by atoms with Gasteiger partial charge in [-0.3, -0.25) is 9.59 Å². The van der Waals surface area contributed by atoms with Crippen molar-refractivity contribution in [2.24, 2.45) is 0 Å². The summed E-state index contributed by atoms with van der Waals surface area (Å²) in [6.07, 6.45) is 77.6. The minimum Gasteiger partial charge on any atom is -0.466 e. The fourth-order valence-corrected chi connectivity index (χ4v) is 9.96. The van der Waals surface area contributed by atoms with Crippen LogP contribution in [-0.4, -0.2) is 47.4 Å². The molecule has 0 saturated carbocycles. The van der Waals surface area contributed by atoms with Gasteiger partial charge in [0.2, 0.25) is 5.91 Å². The number of carbonyl (C=O) groups is 2. The molecule has 0 radical (unpaired) electrons. The molecular formula is C66H125NO5. The first-order valence-corrected chi connectivity index (χ1v) is 32.3. The van der Waals surface area contributed by atoms with Crippen molar-refractivity contribution < 1.29 is 24.5 Å². The Balaban J connectivity index is 3.49. The van der Waals surface area contributed by atoms with Crippen molar-refractivity contribution >= 4 is 11.9 Å². The summed E-state index contributed by atoms with van der Waals surface area (Å²) >= 11 is 0. The van der Waals surface area contributed by atoms with Gasteiger partial charge < -0.3 is 20.3 Å². The number of ether oxygens (including phenoxy) is 1. The van der Waals surface area contributed by atoms with E-state index in [1.54, 1.807) is 6.08 Å². The van der Waals surface area contributed by atoms with Crippen molar-refractivity contribution in [1.82, 2.24) is 5.32 Å². The summed E-state index contributed by atoms with van der Waals surface area (Å²) in [6.45, 7) is 4.91. The van der Waals surface area contributed by atoms with E-state index < -0.39 is 12.1 Å². The van der Waals surface area contributed by atoms with Gasteiger partial charge >= 0.3 is 5.97 Å². The molecule has 0 aliphatic heterocycles. The third kappa shape index (κ3) is 57.4. The van der Waals surface area contributed by atoms with Crippen molar-refractivity contribution in [1.29, 1.82) is 0 Å². The standard InChI is InChI=1S/C66H125NO5/c1-3-5-7-9-11-13-15-16-17-18-19-23-26-29-32-35-39-42-46-50-54-58-64(69)63(62-68)67-65(70)59-55-51-47-43-40-36-33-30-27-24-21-20-22-25-28-31-34-37-41-45-49-53-57-61-72-66(71)60-56-52-48-44-38-14-12-10-8-6-4-2/h20,22,24,27,54,58,63-64,68-69H,3-19,21,23,25-26,28-53,55-57,59-62H2,1-2H3,(H,67,70)/b22-20-,27-24-,58-54+. The van der Waals surface area contributed by atoms with E-state index in [4.69, 9.17) is 4.74 Å². The molecule has 0 aromatic heterocycles. The van der Waals surface area contributed by atoms with E-state index in [2.05, 4.69) is 43.5 Å². The first-order chi connectivity index (χ1) is 35.5. The van der Waals surface area contributed by atoms with E-state index in [1.165, 1.54) is 263 Å². The van der Waals surface area contributed by atoms with E-state index in [0.29, 0.717) is 19.4 Å². The second kappa shape index (κ2) is 61.6. The third-order valence-electron chi connectivity index (χ3n) is 14.9. The zero-order chi connectivity index (χ0) is 52.2. The van der Waals surface area contributed by atoms with Gasteiger partial charge in [-0.05, 0) is 64.2 Å². The molecule has 2 atom stereocenters. The van der Waals surface area contributed by atoms with Crippen LogP contribution in [0.2, 0.25) is 0 Å². The molecule has 6 nitrogen and oxygen atoms in total.